The molecule has 0 unspecified atom stereocenters. The summed E-state index contributed by atoms with van der Waals surface area (Å²) in [6.07, 6.45) is 0. The number of hydrogen-bond acceptors (Lipinski definition) is 4. The molecule has 0 saturated heterocycles. The molecule has 0 atom stereocenters. The monoisotopic (exact) mass is 229 g/mol. The van der Waals surface area contributed by atoms with Crippen LogP contribution in [0.4, 0.5) is 0 Å². The molecule has 0 aromatic rings. The van der Waals surface area contributed by atoms with Gasteiger partial charge >= 0.3 is 6.47 Å². The van der Waals surface area contributed by atoms with E-state index in [1.165, 1.54) is 11.8 Å². The molecule has 0 rings (SSSR count). The van der Waals surface area contributed by atoms with Crippen molar-refractivity contribution in [1.29, 1.82) is 0 Å². The minimum absolute atomic E-state index is 0. The topological polar surface area (TPSA) is 38.3 Å². The van der Waals surface area contributed by atoms with Crippen LogP contribution in [0.3, 0.4) is 0 Å². The van der Waals surface area contributed by atoms with Gasteiger partial charge in [0.2, 0.25) is 0 Å². The van der Waals surface area contributed by atoms with Crippen LogP contribution in [0.5, 0.6) is 0 Å². The molecule has 54 valence electrons. The van der Waals surface area contributed by atoms with Gasteiger partial charge in [-0.3, -0.25) is 4.79 Å². The van der Waals surface area contributed by atoms with E-state index in [0.717, 1.165) is 5.75 Å². The third-order valence-electron chi connectivity index (χ3n) is 0.466. The molecule has 0 saturated carbocycles. The Labute approximate surface area is 82.0 Å². The number of thiocarbonyl (C=S) groups is 1. The molecule has 0 spiro atoms. The quantitative estimate of drug-likeness (QED) is 0.334. The Bertz CT molecular complexity index is 111. The molecule has 0 aromatic heterocycles. The van der Waals surface area contributed by atoms with Gasteiger partial charge in [-0.1, -0.05) is 18.7 Å². The van der Waals surface area contributed by atoms with E-state index in [0.29, 0.717) is 10.8 Å². The normalized spacial score (nSPS) is 7.30. The summed E-state index contributed by atoms with van der Waals surface area (Å²) in [7, 11) is 0. The van der Waals surface area contributed by atoms with Crippen LogP contribution in [-0.4, -0.2) is 16.5 Å². The van der Waals surface area contributed by atoms with Crippen LogP contribution in [0.2, 0.25) is 0 Å². The van der Waals surface area contributed by atoms with Crippen molar-refractivity contribution >= 4 is 34.8 Å². The van der Waals surface area contributed by atoms with Crippen LogP contribution in [0, 0.1) is 0 Å². The summed E-state index contributed by atoms with van der Waals surface area (Å²) < 4.78 is 0.476. The second-order valence-corrected chi connectivity index (χ2v) is 2.98. The smallest absolute Gasteiger partial charge is 0.320 e. The molecular weight excluding hydrogens is 224 g/mol. The van der Waals surface area contributed by atoms with Crippen molar-refractivity contribution < 1.29 is 29.1 Å². The van der Waals surface area contributed by atoms with Crippen molar-refractivity contribution in [2.75, 3.05) is 5.75 Å². The second-order valence-electron chi connectivity index (χ2n) is 1.04. The van der Waals surface area contributed by atoms with E-state index in [-0.39, 0.29) is 19.5 Å². The number of rotatable bonds is 3. The first-order chi connectivity index (χ1) is 4.31. The largest absolute Gasteiger partial charge is 0.346 e. The molecule has 0 fully saturated rings. The van der Waals surface area contributed by atoms with Crippen LogP contribution in [0.25, 0.3) is 0 Å². The van der Waals surface area contributed by atoms with Gasteiger partial charge < -0.3 is 4.84 Å². The minimum Gasteiger partial charge on any atom is -0.346 e. The molecule has 0 amide bonds. The average Bonchev–Trinajstić information content (AvgIpc) is 1.85. The van der Waals surface area contributed by atoms with Gasteiger partial charge in [-0.05, 0) is 18.0 Å². The summed E-state index contributed by atoms with van der Waals surface area (Å²) in [5.74, 6) is 0.869. The molecule has 0 aliphatic heterocycles. The molecular formula is C4H7NO2S2Zn. The summed E-state index contributed by atoms with van der Waals surface area (Å²) in [6.45, 7) is 2.25. The van der Waals surface area contributed by atoms with Crippen LogP contribution >= 0.6 is 24.0 Å². The Morgan fingerprint density at radius 1 is 1.90 bits per heavy atom. The summed E-state index contributed by atoms with van der Waals surface area (Å²) in [4.78, 5) is 13.7. The van der Waals surface area contributed by atoms with Gasteiger partial charge in [-0.2, -0.15) is 0 Å². The molecule has 1 N–H and O–H groups in total. The SMILES string of the molecule is CCSC(=S)NOC=O.[Zn]. The fourth-order valence-corrected chi connectivity index (χ4v) is 1.00. The second kappa shape index (κ2) is 9.33. The molecule has 0 aliphatic carbocycles. The van der Waals surface area contributed by atoms with Crippen molar-refractivity contribution in [2.24, 2.45) is 0 Å². The van der Waals surface area contributed by atoms with Crippen molar-refractivity contribution in [3.63, 3.8) is 0 Å². The van der Waals surface area contributed by atoms with Gasteiger partial charge in [0.15, 0.2) is 4.32 Å². The van der Waals surface area contributed by atoms with Crippen molar-refractivity contribution in [3.05, 3.63) is 0 Å². The van der Waals surface area contributed by atoms with E-state index in [4.69, 9.17) is 0 Å². The van der Waals surface area contributed by atoms with Gasteiger partial charge in [0, 0.05) is 19.5 Å². The Balaban J connectivity index is 0. The third kappa shape index (κ3) is 8.33. The summed E-state index contributed by atoms with van der Waals surface area (Å²) >= 11 is 6.09. The molecule has 6 heteroatoms. The Morgan fingerprint density at radius 3 is 2.90 bits per heavy atom. The van der Waals surface area contributed by atoms with Crippen LogP contribution in [-0.2, 0) is 29.1 Å². The van der Waals surface area contributed by atoms with Crippen LogP contribution in [0.15, 0.2) is 0 Å². The molecule has 10 heavy (non-hydrogen) atoms. The summed E-state index contributed by atoms with van der Waals surface area (Å²) in [5, 5.41) is 0. The Kier molecular flexibility index (Phi) is 12.1. The standard InChI is InChI=1S/C4H7NO2S2.Zn/c1-2-9-4(8)5-7-3-6;/h3H,2H2,1H3,(H,5,8);. The first-order valence-corrected chi connectivity index (χ1v) is 3.72. The molecule has 0 radical (unpaired) electrons. The predicted octanol–water partition coefficient (Wildman–Crippen LogP) is 0.700. The maximum absolute atomic E-state index is 9.56. The van der Waals surface area contributed by atoms with Crippen molar-refractivity contribution in [3.8, 4) is 0 Å². The molecule has 0 aromatic carbocycles. The fourth-order valence-electron chi connectivity index (χ4n) is 0.233. The summed E-state index contributed by atoms with van der Waals surface area (Å²) in [5.41, 5.74) is 2.26. The van der Waals surface area contributed by atoms with Gasteiger partial charge in [-0.25, -0.2) is 5.48 Å². The first-order valence-electron chi connectivity index (χ1n) is 2.33. The molecule has 0 bridgehead atoms. The third-order valence-corrected chi connectivity index (χ3v) is 1.54. The maximum atomic E-state index is 9.56. The van der Waals surface area contributed by atoms with Gasteiger partial charge in [0.25, 0.3) is 0 Å². The fraction of sp³-hybridized carbons (Fsp3) is 0.500. The number of thioether (sulfide) groups is 1. The Morgan fingerprint density at radius 2 is 2.50 bits per heavy atom. The zero-order valence-corrected chi connectivity index (χ0v) is 10.2. The van der Waals surface area contributed by atoms with Gasteiger partial charge in [0.1, 0.15) is 0 Å². The number of hydrogen-bond donors (Lipinski definition) is 1. The van der Waals surface area contributed by atoms with E-state index >= 15 is 0 Å². The molecule has 0 heterocycles. The van der Waals surface area contributed by atoms with E-state index < -0.39 is 0 Å². The predicted molar refractivity (Wildman–Crippen MR) is 41.0 cm³/mol. The average molecular weight is 231 g/mol. The number of nitrogens with one attached hydrogen (secondary N) is 1. The summed E-state index contributed by atoms with van der Waals surface area (Å²) in [6, 6.07) is 0. The first kappa shape index (κ1) is 13.0. The zero-order valence-electron chi connectivity index (χ0n) is 5.62. The number of carbonyl (C=O) groups excluding carboxylic acids is 1. The van der Waals surface area contributed by atoms with Crippen molar-refractivity contribution in [1.82, 2.24) is 5.48 Å². The van der Waals surface area contributed by atoms with Gasteiger partial charge in [-0.15, -0.1) is 0 Å². The van der Waals surface area contributed by atoms with E-state index in [1.807, 2.05) is 6.92 Å². The van der Waals surface area contributed by atoms with E-state index in [9.17, 15) is 4.79 Å². The van der Waals surface area contributed by atoms with E-state index in [2.05, 4.69) is 22.5 Å². The van der Waals surface area contributed by atoms with Crippen LogP contribution in [0.1, 0.15) is 6.92 Å². The zero-order chi connectivity index (χ0) is 7.11. The van der Waals surface area contributed by atoms with Crippen molar-refractivity contribution in [2.45, 2.75) is 6.92 Å². The van der Waals surface area contributed by atoms with Crippen LogP contribution < -0.4 is 5.48 Å². The number of hydroxylamine groups is 1. The Hall–Kier alpha value is 0.333. The maximum Gasteiger partial charge on any atom is 0.320 e. The molecule has 0 aliphatic rings. The van der Waals surface area contributed by atoms with Gasteiger partial charge in [0.05, 0.1) is 0 Å². The minimum atomic E-state index is 0. The number of carbonyl (C=O) groups is 1. The molecule has 3 nitrogen and oxygen atoms in total. The van der Waals surface area contributed by atoms with E-state index in [1.54, 1.807) is 0 Å².